The monoisotopic (exact) mass is 314 g/mol. The fraction of sp³-hybridized carbons (Fsp3) is 0.571. The number of hydrogen-bond donors (Lipinski definition) is 1. The van der Waals surface area contributed by atoms with Gasteiger partial charge < -0.3 is 15.4 Å². The van der Waals surface area contributed by atoms with Crippen LogP contribution >= 0.6 is 15.9 Å². The third kappa shape index (κ3) is 3.97. The summed E-state index contributed by atoms with van der Waals surface area (Å²) in [7, 11) is 1.73. The van der Waals surface area contributed by atoms with Crippen molar-refractivity contribution < 1.29 is 4.74 Å². The Kier molecular flexibility index (Phi) is 6.12. The molecule has 0 fully saturated rings. The molecule has 0 aliphatic heterocycles. The van der Waals surface area contributed by atoms with Crippen molar-refractivity contribution in [2.45, 2.75) is 32.9 Å². The average Bonchev–Trinajstić information content (AvgIpc) is 2.28. The van der Waals surface area contributed by atoms with E-state index in [-0.39, 0.29) is 6.04 Å². The first-order valence-electron chi connectivity index (χ1n) is 6.28. The molecule has 0 heterocycles. The number of methoxy groups -OCH3 is 1. The number of ether oxygens (including phenoxy) is 1. The molecule has 1 rings (SSSR count). The molecule has 1 aromatic rings. The van der Waals surface area contributed by atoms with E-state index in [0.29, 0.717) is 6.04 Å². The van der Waals surface area contributed by atoms with Crippen LogP contribution in [0.15, 0.2) is 22.7 Å². The second-order valence-corrected chi connectivity index (χ2v) is 5.63. The summed E-state index contributed by atoms with van der Waals surface area (Å²) in [6, 6.07) is 6.83. The summed E-state index contributed by atoms with van der Waals surface area (Å²) in [4.78, 5) is 2.32. The van der Waals surface area contributed by atoms with Gasteiger partial charge in [0.05, 0.1) is 6.61 Å². The molecule has 0 bridgehead atoms. The van der Waals surface area contributed by atoms with Gasteiger partial charge in [0.2, 0.25) is 0 Å². The minimum atomic E-state index is 0.0416. The van der Waals surface area contributed by atoms with E-state index in [1.807, 2.05) is 6.92 Å². The highest BCUT2D eigenvalue weighted by Crippen LogP contribution is 2.28. The second kappa shape index (κ2) is 7.12. The Labute approximate surface area is 118 Å². The standard InChI is InChI=1S/C14H23BrN2O/c1-10(2)17(7-8-18-4)12-5-6-13(11(3)16)14(15)9-12/h5-6,9-11H,7-8,16H2,1-4H3/t11-/m0/s1. The van der Waals surface area contributed by atoms with Crippen LogP contribution in [0.5, 0.6) is 0 Å². The summed E-state index contributed by atoms with van der Waals surface area (Å²) in [5.74, 6) is 0. The zero-order valence-corrected chi connectivity index (χ0v) is 13.2. The maximum absolute atomic E-state index is 5.92. The molecular formula is C14H23BrN2O. The molecule has 2 N–H and O–H groups in total. The molecule has 0 spiro atoms. The van der Waals surface area contributed by atoms with Gasteiger partial charge in [-0.2, -0.15) is 0 Å². The van der Waals surface area contributed by atoms with E-state index < -0.39 is 0 Å². The van der Waals surface area contributed by atoms with E-state index in [9.17, 15) is 0 Å². The number of anilines is 1. The van der Waals surface area contributed by atoms with Crippen molar-refractivity contribution in [3.8, 4) is 0 Å². The topological polar surface area (TPSA) is 38.5 Å². The fourth-order valence-electron chi connectivity index (χ4n) is 1.94. The van der Waals surface area contributed by atoms with Gasteiger partial charge in [0.25, 0.3) is 0 Å². The lowest BCUT2D eigenvalue weighted by Gasteiger charge is -2.29. The van der Waals surface area contributed by atoms with Gasteiger partial charge in [-0.25, -0.2) is 0 Å². The summed E-state index contributed by atoms with van der Waals surface area (Å²) in [5.41, 5.74) is 8.24. The van der Waals surface area contributed by atoms with Gasteiger partial charge in [0.1, 0.15) is 0 Å². The molecule has 3 nitrogen and oxygen atoms in total. The largest absolute Gasteiger partial charge is 0.383 e. The smallest absolute Gasteiger partial charge is 0.0637 e. The number of nitrogens with two attached hydrogens (primary N) is 1. The van der Waals surface area contributed by atoms with Crippen molar-refractivity contribution in [3.63, 3.8) is 0 Å². The van der Waals surface area contributed by atoms with Gasteiger partial charge in [0.15, 0.2) is 0 Å². The molecule has 0 aliphatic carbocycles. The van der Waals surface area contributed by atoms with Crippen molar-refractivity contribution in [1.82, 2.24) is 0 Å². The van der Waals surface area contributed by atoms with Crippen LogP contribution in [0.2, 0.25) is 0 Å². The first-order valence-corrected chi connectivity index (χ1v) is 7.07. The zero-order chi connectivity index (χ0) is 13.7. The van der Waals surface area contributed by atoms with Gasteiger partial charge in [-0.15, -0.1) is 0 Å². The van der Waals surface area contributed by atoms with Crippen molar-refractivity contribution in [2.75, 3.05) is 25.2 Å². The van der Waals surface area contributed by atoms with Crippen molar-refractivity contribution >= 4 is 21.6 Å². The quantitative estimate of drug-likeness (QED) is 0.875. The summed E-state index contributed by atoms with van der Waals surface area (Å²) in [6.45, 7) is 7.97. The fourth-order valence-corrected chi connectivity index (χ4v) is 2.67. The van der Waals surface area contributed by atoms with Crippen molar-refractivity contribution in [3.05, 3.63) is 28.2 Å². The molecule has 0 aromatic heterocycles. The lowest BCUT2D eigenvalue weighted by Crippen LogP contribution is -2.33. The highest BCUT2D eigenvalue weighted by Gasteiger charge is 2.13. The van der Waals surface area contributed by atoms with Gasteiger partial charge in [-0.05, 0) is 38.5 Å². The molecule has 0 aliphatic rings. The van der Waals surface area contributed by atoms with E-state index >= 15 is 0 Å². The first-order chi connectivity index (χ1) is 8.47. The number of rotatable bonds is 6. The predicted octanol–water partition coefficient (Wildman–Crippen LogP) is 3.33. The van der Waals surface area contributed by atoms with Crippen molar-refractivity contribution in [2.24, 2.45) is 5.73 Å². The van der Waals surface area contributed by atoms with Gasteiger partial charge in [0, 0.05) is 35.9 Å². The van der Waals surface area contributed by atoms with E-state index in [1.54, 1.807) is 7.11 Å². The van der Waals surface area contributed by atoms with E-state index in [1.165, 1.54) is 5.69 Å². The van der Waals surface area contributed by atoms with E-state index in [2.05, 4.69) is 52.9 Å². The molecule has 0 saturated heterocycles. The molecule has 0 radical (unpaired) electrons. The highest BCUT2D eigenvalue weighted by molar-refractivity contribution is 9.10. The summed E-state index contributed by atoms with van der Waals surface area (Å²) < 4.78 is 6.23. The predicted molar refractivity (Wildman–Crippen MR) is 81.1 cm³/mol. The lowest BCUT2D eigenvalue weighted by molar-refractivity contribution is 0.204. The Hall–Kier alpha value is -0.580. The zero-order valence-electron chi connectivity index (χ0n) is 11.6. The normalized spacial score (nSPS) is 12.8. The maximum atomic E-state index is 5.92. The number of hydrogen-bond acceptors (Lipinski definition) is 3. The number of nitrogens with zero attached hydrogens (tertiary/aromatic N) is 1. The Morgan fingerprint density at radius 2 is 2.00 bits per heavy atom. The molecule has 0 amide bonds. The highest BCUT2D eigenvalue weighted by atomic mass is 79.9. The van der Waals surface area contributed by atoms with Crippen LogP contribution in [-0.2, 0) is 4.74 Å². The van der Waals surface area contributed by atoms with Gasteiger partial charge in [-0.3, -0.25) is 0 Å². The molecule has 1 atom stereocenters. The molecule has 102 valence electrons. The lowest BCUT2D eigenvalue weighted by atomic mass is 10.1. The molecular weight excluding hydrogens is 292 g/mol. The summed E-state index contributed by atoms with van der Waals surface area (Å²) >= 11 is 3.60. The summed E-state index contributed by atoms with van der Waals surface area (Å²) in [6.07, 6.45) is 0. The molecule has 1 aromatic carbocycles. The number of halogens is 1. The van der Waals surface area contributed by atoms with E-state index in [4.69, 9.17) is 10.5 Å². The first kappa shape index (κ1) is 15.5. The Morgan fingerprint density at radius 3 is 2.44 bits per heavy atom. The Morgan fingerprint density at radius 1 is 1.33 bits per heavy atom. The molecule has 18 heavy (non-hydrogen) atoms. The van der Waals surface area contributed by atoms with Crippen molar-refractivity contribution in [1.29, 1.82) is 0 Å². The van der Waals surface area contributed by atoms with Crippen LogP contribution < -0.4 is 10.6 Å². The third-order valence-corrected chi connectivity index (χ3v) is 3.65. The Bertz CT molecular complexity index is 380. The average molecular weight is 315 g/mol. The summed E-state index contributed by atoms with van der Waals surface area (Å²) in [5, 5.41) is 0. The minimum Gasteiger partial charge on any atom is -0.383 e. The van der Waals surface area contributed by atoms with Gasteiger partial charge in [-0.1, -0.05) is 22.0 Å². The van der Waals surface area contributed by atoms with Crippen LogP contribution in [0.1, 0.15) is 32.4 Å². The molecule has 0 saturated carbocycles. The molecule has 0 unspecified atom stereocenters. The van der Waals surface area contributed by atoms with Crippen LogP contribution in [0.4, 0.5) is 5.69 Å². The number of benzene rings is 1. The van der Waals surface area contributed by atoms with Crippen LogP contribution in [0, 0.1) is 0 Å². The second-order valence-electron chi connectivity index (χ2n) is 4.77. The minimum absolute atomic E-state index is 0.0416. The maximum Gasteiger partial charge on any atom is 0.0637 e. The Balaban J connectivity index is 2.95. The SMILES string of the molecule is COCCN(c1ccc([C@H](C)N)c(Br)c1)C(C)C. The van der Waals surface area contributed by atoms with Crippen LogP contribution in [0.25, 0.3) is 0 Å². The van der Waals surface area contributed by atoms with E-state index in [0.717, 1.165) is 23.2 Å². The third-order valence-electron chi connectivity index (χ3n) is 2.97. The van der Waals surface area contributed by atoms with Gasteiger partial charge >= 0.3 is 0 Å². The van der Waals surface area contributed by atoms with Crippen LogP contribution in [-0.4, -0.2) is 26.3 Å². The molecule has 4 heteroatoms. The van der Waals surface area contributed by atoms with Crippen LogP contribution in [0.3, 0.4) is 0 Å².